The summed E-state index contributed by atoms with van der Waals surface area (Å²) in [6.07, 6.45) is 8.05. The highest BCUT2D eigenvalue weighted by molar-refractivity contribution is 7.80. The number of carboxylic acids is 1. The van der Waals surface area contributed by atoms with E-state index in [1.54, 1.807) is 10.8 Å². The minimum atomic E-state index is -1.30. The lowest BCUT2D eigenvalue weighted by Gasteiger charge is -2.25. The van der Waals surface area contributed by atoms with E-state index in [1.165, 1.54) is 19.4 Å². The number of carboxylic acid groups (broad SMARTS) is 1. The number of benzene rings is 1. The molecule has 2 atom stereocenters. The lowest BCUT2D eigenvalue weighted by atomic mass is 9.94. The van der Waals surface area contributed by atoms with Crippen LogP contribution >= 0.6 is 12.2 Å². The second kappa shape index (κ2) is 11.5. The molecule has 1 aromatic carbocycles. The first-order valence-electron chi connectivity index (χ1n) is 13.6. The first-order chi connectivity index (χ1) is 19.2. The highest BCUT2D eigenvalue weighted by Crippen LogP contribution is 2.45. The number of aromatic carboxylic acids is 1. The molecule has 1 saturated carbocycles. The number of nitrogens with one attached hydrogen (secondary N) is 1. The number of anilines is 1. The van der Waals surface area contributed by atoms with E-state index in [0.29, 0.717) is 40.4 Å². The number of aromatic nitrogens is 2. The van der Waals surface area contributed by atoms with Gasteiger partial charge in [0, 0.05) is 48.8 Å². The first-order valence-corrected chi connectivity index (χ1v) is 14.1. The monoisotopic (exact) mass is 567 g/mol. The molecule has 9 nitrogen and oxygen atoms in total. The Labute approximate surface area is 237 Å². The maximum atomic E-state index is 15.3. The van der Waals surface area contributed by atoms with Gasteiger partial charge >= 0.3 is 5.97 Å². The van der Waals surface area contributed by atoms with Gasteiger partial charge in [0.1, 0.15) is 16.2 Å². The van der Waals surface area contributed by atoms with Gasteiger partial charge in [0.2, 0.25) is 5.43 Å². The summed E-state index contributed by atoms with van der Waals surface area (Å²) in [5, 5.41) is 13.0. The second-order valence-corrected chi connectivity index (χ2v) is 11.0. The zero-order valence-electron chi connectivity index (χ0n) is 22.7. The van der Waals surface area contributed by atoms with Gasteiger partial charge < -0.3 is 30.4 Å². The van der Waals surface area contributed by atoms with Crippen molar-refractivity contribution in [2.24, 2.45) is 11.7 Å². The number of piperidine rings is 1. The number of ether oxygens (including phenoxy) is 1. The minimum absolute atomic E-state index is 0.0599. The van der Waals surface area contributed by atoms with Crippen LogP contribution in [0.3, 0.4) is 0 Å². The van der Waals surface area contributed by atoms with Gasteiger partial charge in [-0.25, -0.2) is 9.18 Å². The van der Waals surface area contributed by atoms with Crippen molar-refractivity contribution in [3.8, 4) is 5.75 Å². The van der Waals surface area contributed by atoms with Crippen molar-refractivity contribution < 1.29 is 19.0 Å². The van der Waals surface area contributed by atoms with E-state index in [0.717, 1.165) is 56.5 Å². The van der Waals surface area contributed by atoms with Crippen LogP contribution in [0.4, 0.5) is 10.1 Å². The molecule has 3 aromatic rings. The number of pyridine rings is 2. The zero-order valence-corrected chi connectivity index (χ0v) is 23.5. The van der Waals surface area contributed by atoms with Crippen LogP contribution < -0.4 is 26.1 Å². The summed E-state index contributed by atoms with van der Waals surface area (Å²) in [5.41, 5.74) is 7.20. The Morgan fingerprint density at radius 1 is 1.30 bits per heavy atom. The average Bonchev–Trinajstić information content (AvgIpc) is 3.71. The van der Waals surface area contributed by atoms with Gasteiger partial charge in [0.25, 0.3) is 0 Å². The fourth-order valence-corrected chi connectivity index (χ4v) is 5.91. The number of carbonyl (C=O) groups is 1. The Bertz CT molecular complexity index is 1510. The molecule has 1 aliphatic carbocycles. The van der Waals surface area contributed by atoms with Gasteiger partial charge in [-0.15, -0.1) is 0 Å². The molecule has 6 rings (SSSR count). The molecule has 4 heterocycles. The Hall–Kier alpha value is -3.57. The molecular weight excluding hydrogens is 533 g/mol. The number of rotatable bonds is 6. The van der Waals surface area contributed by atoms with E-state index in [1.807, 2.05) is 24.0 Å². The van der Waals surface area contributed by atoms with Crippen LogP contribution in [-0.4, -0.2) is 58.4 Å². The topological polar surface area (TPSA) is 123 Å². The number of thiocarbonyl (C=S) groups is 1. The number of hydrogen-bond acceptors (Lipinski definition) is 7. The van der Waals surface area contributed by atoms with E-state index in [2.05, 4.69) is 10.3 Å². The van der Waals surface area contributed by atoms with Crippen LogP contribution in [0.15, 0.2) is 35.4 Å². The van der Waals surface area contributed by atoms with Crippen molar-refractivity contribution in [3.63, 3.8) is 0 Å². The van der Waals surface area contributed by atoms with Crippen molar-refractivity contribution in [2.45, 2.75) is 51.1 Å². The van der Waals surface area contributed by atoms with Crippen molar-refractivity contribution in [3.05, 3.63) is 63.5 Å². The summed E-state index contributed by atoms with van der Waals surface area (Å²) in [5.74, 6) is -1.07. The SMILES string of the molecule is CCc1cc(C(N)=S)ccn1.COc1c(N2C[C@@H]3CCCN[C@@H]3C2)c(F)cc2c(=O)c(C(=O)O)cn(C3CC3)c12. The molecule has 11 heteroatoms. The summed E-state index contributed by atoms with van der Waals surface area (Å²) >= 11 is 4.82. The molecule has 0 radical (unpaired) electrons. The number of methoxy groups -OCH3 is 1. The number of halogens is 1. The largest absolute Gasteiger partial charge is 0.492 e. The molecule has 2 aliphatic heterocycles. The molecular formula is C29H34FN5O4S. The molecule has 40 heavy (non-hydrogen) atoms. The fourth-order valence-electron chi connectivity index (χ4n) is 5.78. The van der Waals surface area contributed by atoms with Crippen LogP contribution in [0, 0.1) is 11.7 Å². The Morgan fingerprint density at radius 2 is 2.08 bits per heavy atom. The molecule has 0 unspecified atom stereocenters. The highest BCUT2D eigenvalue weighted by atomic mass is 32.1. The molecule has 3 fully saturated rings. The standard InChI is InChI=1S/C21H24FN3O4.C8H10N2S/c1-29-20-17-13(19(26)14(21(27)28)9-25(17)12-4-5-12)7-15(22)18(20)24-8-11-3-2-6-23-16(11)10-24;1-2-7-5-6(8(9)11)3-4-10-7/h7,9,11-12,16,23H,2-6,8,10H2,1H3,(H,27,28);3-5H,2H2,1H3,(H2,9,11)/t11-,16+;/m0./s1. The van der Waals surface area contributed by atoms with Crippen LogP contribution in [-0.2, 0) is 6.42 Å². The first kappa shape index (κ1) is 28.0. The third-order valence-corrected chi connectivity index (χ3v) is 8.19. The number of nitrogens with two attached hydrogens (primary N) is 1. The predicted molar refractivity (Wildman–Crippen MR) is 156 cm³/mol. The zero-order chi connectivity index (χ0) is 28.6. The molecule has 0 spiro atoms. The Balaban J connectivity index is 0.000000248. The van der Waals surface area contributed by atoms with Gasteiger partial charge in [-0.3, -0.25) is 9.78 Å². The molecule has 0 amide bonds. The van der Waals surface area contributed by atoms with Crippen molar-refractivity contribution in [1.29, 1.82) is 0 Å². The van der Waals surface area contributed by atoms with E-state index in [-0.39, 0.29) is 17.0 Å². The fraction of sp³-hybridized carbons (Fsp3) is 0.448. The molecule has 4 N–H and O–H groups in total. The van der Waals surface area contributed by atoms with Crippen LogP contribution in [0.1, 0.15) is 60.3 Å². The lowest BCUT2D eigenvalue weighted by molar-refractivity contribution is 0.0694. The van der Waals surface area contributed by atoms with Gasteiger partial charge in [-0.05, 0) is 62.8 Å². The average molecular weight is 568 g/mol. The van der Waals surface area contributed by atoms with Crippen LogP contribution in [0.25, 0.3) is 10.9 Å². The summed E-state index contributed by atoms with van der Waals surface area (Å²) in [6, 6.07) is 5.36. The van der Waals surface area contributed by atoms with E-state index < -0.39 is 17.2 Å². The van der Waals surface area contributed by atoms with Gasteiger partial charge in [0.15, 0.2) is 11.6 Å². The van der Waals surface area contributed by atoms with Gasteiger partial charge in [-0.2, -0.15) is 0 Å². The van der Waals surface area contributed by atoms with E-state index >= 15 is 4.39 Å². The molecule has 0 bridgehead atoms. The van der Waals surface area contributed by atoms with Crippen molar-refractivity contribution >= 4 is 39.8 Å². The number of aryl methyl sites for hydroxylation is 1. The van der Waals surface area contributed by atoms with E-state index in [4.69, 9.17) is 22.7 Å². The number of fused-ring (bicyclic) bond motifs is 2. The van der Waals surface area contributed by atoms with Crippen LogP contribution in [0.5, 0.6) is 5.75 Å². The summed E-state index contributed by atoms with van der Waals surface area (Å²) < 4.78 is 22.8. The smallest absolute Gasteiger partial charge is 0.341 e. The summed E-state index contributed by atoms with van der Waals surface area (Å²) in [7, 11) is 1.48. The third kappa shape index (κ3) is 5.40. The molecule has 3 aliphatic rings. The maximum absolute atomic E-state index is 15.3. The van der Waals surface area contributed by atoms with Crippen molar-refractivity contribution in [2.75, 3.05) is 31.6 Å². The minimum Gasteiger partial charge on any atom is -0.492 e. The highest BCUT2D eigenvalue weighted by Gasteiger charge is 2.38. The van der Waals surface area contributed by atoms with Crippen LogP contribution in [0.2, 0.25) is 0 Å². The predicted octanol–water partition coefficient (Wildman–Crippen LogP) is 3.65. The number of hydrogen-bond donors (Lipinski definition) is 3. The maximum Gasteiger partial charge on any atom is 0.341 e. The summed E-state index contributed by atoms with van der Waals surface area (Å²) in [6.45, 7) is 4.44. The Morgan fingerprint density at radius 3 is 2.70 bits per heavy atom. The molecule has 2 aromatic heterocycles. The second-order valence-electron chi connectivity index (χ2n) is 10.6. The summed E-state index contributed by atoms with van der Waals surface area (Å²) in [4.78, 5) is 30.9. The Kier molecular flexibility index (Phi) is 8.04. The molecule has 2 saturated heterocycles. The van der Waals surface area contributed by atoms with Crippen molar-refractivity contribution in [1.82, 2.24) is 14.9 Å². The van der Waals surface area contributed by atoms with Gasteiger partial charge in [-0.1, -0.05) is 19.1 Å². The van der Waals surface area contributed by atoms with Gasteiger partial charge in [0.05, 0.1) is 18.0 Å². The molecule has 212 valence electrons. The number of nitrogens with zero attached hydrogens (tertiary/aromatic N) is 3. The lowest BCUT2D eigenvalue weighted by Crippen LogP contribution is -2.40. The normalized spacial score (nSPS) is 20.0. The van der Waals surface area contributed by atoms with E-state index in [9.17, 15) is 14.7 Å². The third-order valence-electron chi connectivity index (χ3n) is 7.95. The quantitative estimate of drug-likeness (QED) is 0.383.